The van der Waals surface area contributed by atoms with Crippen molar-refractivity contribution in [2.45, 2.75) is 24.3 Å². The Labute approximate surface area is 167 Å². The zero-order chi connectivity index (χ0) is 19.8. The summed E-state index contributed by atoms with van der Waals surface area (Å²) in [7, 11) is -3.41. The molecule has 1 aliphatic heterocycles. The van der Waals surface area contributed by atoms with Crippen LogP contribution in [0.15, 0.2) is 53.8 Å². The highest BCUT2D eigenvalue weighted by molar-refractivity contribution is 7.89. The molecule has 1 aromatic carbocycles. The Morgan fingerprint density at radius 3 is 2.59 bits per heavy atom. The average Bonchev–Trinajstić information content (AvgIpc) is 3.49. The van der Waals surface area contributed by atoms with Gasteiger partial charge in [-0.05, 0) is 53.4 Å². The second kappa shape index (κ2) is 7.05. The largest absolute Gasteiger partial charge is 0.341 e. The third-order valence-electron chi connectivity index (χ3n) is 5.16. The van der Waals surface area contributed by atoms with Crippen molar-refractivity contribution in [1.82, 2.24) is 34.5 Å². The van der Waals surface area contributed by atoms with Crippen molar-refractivity contribution in [3.05, 3.63) is 54.6 Å². The van der Waals surface area contributed by atoms with Gasteiger partial charge in [-0.25, -0.2) is 13.4 Å². The van der Waals surface area contributed by atoms with Crippen molar-refractivity contribution >= 4 is 21.1 Å². The number of sulfonamides is 1. The van der Waals surface area contributed by atoms with Crippen LogP contribution in [0.4, 0.5) is 0 Å². The number of pyridine rings is 1. The summed E-state index contributed by atoms with van der Waals surface area (Å²) in [5, 5.41) is 12.6. The van der Waals surface area contributed by atoms with Crippen molar-refractivity contribution in [3.63, 3.8) is 0 Å². The molecule has 148 valence electrons. The minimum atomic E-state index is -3.41. The fourth-order valence-electron chi connectivity index (χ4n) is 3.72. The number of nitrogens with one attached hydrogen (secondary N) is 1. The monoisotopic (exact) mass is 409 g/mol. The standard InChI is InChI=1S/C19H19N7O2S/c27-29(28,25-9-1-2-10-25)16-5-3-14(4-6-16)17-7-8-20-19-18(17)11-15(23-19)12-26-22-13-21-24-26/h3-8,11,13H,1-2,9-10,12H2,(H,20,23). The minimum Gasteiger partial charge on any atom is -0.341 e. The van der Waals surface area contributed by atoms with E-state index in [2.05, 4.69) is 25.4 Å². The van der Waals surface area contributed by atoms with Crippen molar-refractivity contribution in [2.75, 3.05) is 13.1 Å². The van der Waals surface area contributed by atoms with Gasteiger partial charge in [0.1, 0.15) is 12.2 Å². The summed E-state index contributed by atoms with van der Waals surface area (Å²) in [5.41, 5.74) is 3.58. The molecule has 0 bridgehead atoms. The second-order valence-corrected chi connectivity index (χ2v) is 8.96. The van der Waals surface area contributed by atoms with Gasteiger partial charge in [-0.15, -0.1) is 10.2 Å². The molecule has 1 N–H and O–H groups in total. The number of fused-ring (bicyclic) bond motifs is 1. The Bertz CT molecular complexity index is 1240. The molecule has 5 rings (SSSR count). The third kappa shape index (κ3) is 3.30. The third-order valence-corrected chi connectivity index (χ3v) is 7.07. The highest BCUT2D eigenvalue weighted by Gasteiger charge is 2.27. The van der Waals surface area contributed by atoms with E-state index in [9.17, 15) is 8.42 Å². The van der Waals surface area contributed by atoms with Gasteiger partial charge in [0.05, 0.1) is 4.90 Å². The number of H-pyrrole nitrogens is 1. The predicted octanol–water partition coefficient (Wildman–Crippen LogP) is 2.05. The van der Waals surface area contributed by atoms with Crippen LogP contribution in [0.3, 0.4) is 0 Å². The van der Waals surface area contributed by atoms with Gasteiger partial charge in [0.2, 0.25) is 10.0 Å². The van der Waals surface area contributed by atoms with Crippen LogP contribution in [0.25, 0.3) is 22.2 Å². The lowest BCUT2D eigenvalue weighted by atomic mass is 10.0. The number of nitrogens with zero attached hydrogens (tertiary/aromatic N) is 6. The summed E-state index contributed by atoms with van der Waals surface area (Å²) < 4.78 is 27.0. The van der Waals surface area contributed by atoms with Crippen LogP contribution in [0.1, 0.15) is 18.5 Å². The Balaban J connectivity index is 1.48. The van der Waals surface area contributed by atoms with Crippen LogP contribution in [-0.4, -0.2) is 56.0 Å². The van der Waals surface area contributed by atoms with Crippen LogP contribution in [0.2, 0.25) is 0 Å². The first kappa shape index (κ1) is 18.0. The van der Waals surface area contributed by atoms with E-state index in [0.29, 0.717) is 24.5 Å². The van der Waals surface area contributed by atoms with Gasteiger partial charge in [0.25, 0.3) is 0 Å². The van der Waals surface area contributed by atoms with Crippen LogP contribution in [0, 0.1) is 0 Å². The molecule has 3 aromatic heterocycles. The summed E-state index contributed by atoms with van der Waals surface area (Å²) >= 11 is 0. The first-order valence-corrected chi connectivity index (χ1v) is 10.8. The van der Waals surface area contributed by atoms with Crippen molar-refractivity contribution in [3.8, 4) is 11.1 Å². The number of benzene rings is 1. The summed E-state index contributed by atoms with van der Waals surface area (Å²) in [5.74, 6) is 0. The summed E-state index contributed by atoms with van der Waals surface area (Å²) in [6.07, 6.45) is 4.98. The number of aromatic amines is 1. The van der Waals surface area contributed by atoms with E-state index in [1.165, 1.54) is 11.1 Å². The SMILES string of the molecule is O=S(=O)(c1ccc(-c2ccnc3[nH]c(Cn4ncnn4)cc23)cc1)N1CCCC1. The van der Waals surface area contributed by atoms with Crippen molar-refractivity contribution in [2.24, 2.45) is 0 Å². The summed E-state index contributed by atoms with van der Waals surface area (Å²) in [4.78, 5) is 9.50. The molecule has 9 nitrogen and oxygen atoms in total. The molecule has 0 unspecified atom stereocenters. The topological polar surface area (TPSA) is 110 Å². The van der Waals surface area contributed by atoms with E-state index < -0.39 is 10.0 Å². The van der Waals surface area contributed by atoms with Gasteiger partial charge in [-0.2, -0.15) is 9.10 Å². The predicted molar refractivity (Wildman–Crippen MR) is 106 cm³/mol. The fraction of sp³-hybridized carbons (Fsp3) is 0.263. The van der Waals surface area contributed by atoms with E-state index >= 15 is 0 Å². The van der Waals surface area contributed by atoms with E-state index in [1.54, 1.807) is 22.6 Å². The number of rotatable bonds is 5. The Morgan fingerprint density at radius 1 is 1.07 bits per heavy atom. The molecule has 0 saturated carbocycles. The van der Waals surface area contributed by atoms with Gasteiger partial charge in [-0.3, -0.25) is 0 Å². The zero-order valence-electron chi connectivity index (χ0n) is 15.6. The van der Waals surface area contributed by atoms with E-state index in [-0.39, 0.29) is 0 Å². The molecule has 0 aliphatic carbocycles. The molecule has 4 aromatic rings. The number of aromatic nitrogens is 6. The van der Waals surface area contributed by atoms with Gasteiger partial charge < -0.3 is 4.98 Å². The van der Waals surface area contributed by atoms with Crippen molar-refractivity contribution < 1.29 is 8.42 Å². The molecule has 1 aliphatic rings. The molecule has 0 radical (unpaired) electrons. The second-order valence-electron chi connectivity index (χ2n) is 7.02. The Hall–Kier alpha value is -3.11. The van der Waals surface area contributed by atoms with Gasteiger partial charge in [0.15, 0.2) is 6.33 Å². The average molecular weight is 409 g/mol. The Kier molecular flexibility index (Phi) is 4.36. The highest BCUT2D eigenvalue weighted by Crippen LogP contribution is 2.30. The van der Waals surface area contributed by atoms with E-state index in [4.69, 9.17) is 0 Å². The van der Waals surface area contributed by atoms with Gasteiger partial charge in [-0.1, -0.05) is 12.1 Å². The molecular weight excluding hydrogens is 390 g/mol. The molecule has 1 saturated heterocycles. The van der Waals surface area contributed by atoms with Gasteiger partial charge >= 0.3 is 0 Å². The lowest BCUT2D eigenvalue weighted by Crippen LogP contribution is -2.27. The van der Waals surface area contributed by atoms with Crippen molar-refractivity contribution in [1.29, 1.82) is 0 Å². The molecule has 0 spiro atoms. The lowest BCUT2D eigenvalue weighted by molar-refractivity contribution is 0.477. The molecule has 1 fully saturated rings. The maximum absolute atomic E-state index is 12.7. The molecule has 4 heterocycles. The van der Waals surface area contributed by atoms with Crippen LogP contribution < -0.4 is 0 Å². The molecule has 0 atom stereocenters. The summed E-state index contributed by atoms with van der Waals surface area (Å²) in [6, 6.07) is 11.0. The molecular formula is C19H19N7O2S. The number of hydrogen-bond acceptors (Lipinski definition) is 6. The Morgan fingerprint density at radius 2 is 1.86 bits per heavy atom. The van der Waals surface area contributed by atoms with Crippen LogP contribution in [0.5, 0.6) is 0 Å². The minimum absolute atomic E-state index is 0.334. The highest BCUT2D eigenvalue weighted by atomic mass is 32.2. The van der Waals surface area contributed by atoms with E-state index in [0.717, 1.165) is 40.7 Å². The lowest BCUT2D eigenvalue weighted by Gasteiger charge is -2.15. The smallest absolute Gasteiger partial charge is 0.243 e. The fourth-order valence-corrected chi connectivity index (χ4v) is 5.23. The first-order chi connectivity index (χ1) is 14.1. The molecule has 10 heteroatoms. The quantitative estimate of drug-likeness (QED) is 0.540. The van der Waals surface area contributed by atoms with Crippen LogP contribution >= 0.6 is 0 Å². The van der Waals surface area contributed by atoms with Gasteiger partial charge in [0, 0.05) is 30.4 Å². The summed E-state index contributed by atoms with van der Waals surface area (Å²) in [6.45, 7) is 1.66. The maximum Gasteiger partial charge on any atom is 0.243 e. The van der Waals surface area contributed by atoms with E-state index in [1.807, 2.05) is 24.3 Å². The molecule has 29 heavy (non-hydrogen) atoms. The number of tetrazole rings is 1. The maximum atomic E-state index is 12.7. The normalized spacial score (nSPS) is 15.3. The number of hydrogen-bond donors (Lipinski definition) is 1. The molecule has 0 amide bonds. The zero-order valence-corrected chi connectivity index (χ0v) is 16.4. The van der Waals surface area contributed by atoms with Crippen LogP contribution in [-0.2, 0) is 16.6 Å². The first-order valence-electron chi connectivity index (χ1n) is 9.39.